The highest BCUT2D eigenvalue weighted by molar-refractivity contribution is 6.76. The maximum Gasteiger partial charge on any atom is 0.213 e. The van der Waals surface area contributed by atoms with Crippen LogP contribution in [-0.2, 0) is 22.9 Å². The van der Waals surface area contributed by atoms with Gasteiger partial charge < -0.3 is 19.3 Å². The highest BCUT2D eigenvalue weighted by Gasteiger charge is 2.18. The quantitative estimate of drug-likeness (QED) is 0.0668. The Labute approximate surface area is 305 Å². The molecule has 0 unspecified atom stereocenters. The molecule has 0 radical (unpaired) electrons. The summed E-state index contributed by atoms with van der Waals surface area (Å²) in [5.74, 6) is -0.184. The van der Waals surface area contributed by atoms with Gasteiger partial charge in [0.1, 0.15) is 36.3 Å². The summed E-state index contributed by atoms with van der Waals surface area (Å²) in [6, 6.07) is 19.2. The van der Waals surface area contributed by atoms with E-state index in [4.69, 9.17) is 14.2 Å². The summed E-state index contributed by atoms with van der Waals surface area (Å²) in [7, 11) is -2.29. The van der Waals surface area contributed by atoms with Gasteiger partial charge in [-0.05, 0) is 67.5 Å². The first-order chi connectivity index (χ1) is 24.7. The molecule has 0 aliphatic heterocycles. The van der Waals surface area contributed by atoms with Crippen LogP contribution in [0.5, 0.6) is 11.5 Å². The highest BCUT2D eigenvalue weighted by atomic mass is 28.3. The lowest BCUT2D eigenvalue weighted by Gasteiger charge is -2.15. The van der Waals surface area contributed by atoms with Gasteiger partial charge in [-0.3, -0.25) is 0 Å². The Morgan fingerprint density at radius 1 is 0.654 bits per heavy atom. The van der Waals surface area contributed by atoms with Gasteiger partial charge in [-0.25, -0.2) is 19.3 Å². The molecule has 52 heavy (non-hydrogen) atoms. The zero-order valence-corrected chi connectivity index (χ0v) is 33.0. The van der Waals surface area contributed by atoms with E-state index in [0.717, 1.165) is 39.6 Å². The molecular weight excluding hydrogens is 699 g/mol. The van der Waals surface area contributed by atoms with Crippen molar-refractivity contribution >= 4 is 38.0 Å². The molecule has 0 saturated carbocycles. The van der Waals surface area contributed by atoms with Crippen LogP contribution in [0, 0.1) is 11.9 Å². The number of hydrogen-bond donors (Lipinski definition) is 1. The van der Waals surface area contributed by atoms with Crippen LogP contribution in [-0.4, -0.2) is 70.6 Å². The van der Waals surface area contributed by atoms with E-state index in [0.29, 0.717) is 55.8 Å². The molecule has 0 atom stereocenters. The first-order valence-corrected chi connectivity index (χ1v) is 24.8. The average molecular weight is 747 g/mol. The number of aromatic hydroxyl groups is 1. The number of phenolic OH excluding ortho intramolecular Hbond substituents is 1. The highest BCUT2D eigenvalue weighted by Crippen LogP contribution is 2.32. The molecule has 4 heterocycles. The van der Waals surface area contributed by atoms with Crippen molar-refractivity contribution in [2.45, 2.75) is 71.8 Å². The van der Waals surface area contributed by atoms with Crippen LogP contribution in [0.2, 0.25) is 51.4 Å². The molecule has 276 valence electrons. The fourth-order valence-corrected chi connectivity index (χ4v) is 6.88. The molecular formula is C38H48F2N6O4Si2. The number of benzene rings is 2. The van der Waals surface area contributed by atoms with Gasteiger partial charge in [-0.15, -0.1) is 0 Å². The van der Waals surface area contributed by atoms with Gasteiger partial charge >= 0.3 is 0 Å². The third kappa shape index (κ3) is 10.5. The van der Waals surface area contributed by atoms with E-state index in [9.17, 15) is 13.9 Å². The van der Waals surface area contributed by atoms with E-state index in [1.54, 1.807) is 35.0 Å². The van der Waals surface area contributed by atoms with Crippen molar-refractivity contribution in [3.8, 4) is 34.0 Å². The lowest BCUT2D eigenvalue weighted by atomic mass is 10.1. The van der Waals surface area contributed by atoms with Crippen molar-refractivity contribution in [1.82, 2.24) is 29.5 Å². The van der Waals surface area contributed by atoms with E-state index in [2.05, 4.69) is 59.4 Å². The van der Waals surface area contributed by atoms with E-state index < -0.39 is 28.0 Å². The van der Waals surface area contributed by atoms with Crippen molar-refractivity contribution in [2.75, 3.05) is 19.8 Å². The summed E-state index contributed by atoms with van der Waals surface area (Å²) >= 11 is 0. The summed E-state index contributed by atoms with van der Waals surface area (Å²) in [6.07, 6.45) is 2.86. The summed E-state index contributed by atoms with van der Waals surface area (Å²) in [5.41, 5.74) is 4.35. The Morgan fingerprint density at radius 3 is 1.60 bits per heavy atom. The number of rotatable bonds is 14. The second kappa shape index (κ2) is 16.9. The zero-order chi connectivity index (χ0) is 37.5. The second-order valence-electron chi connectivity index (χ2n) is 14.9. The third-order valence-corrected chi connectivity index (χ3v) is 11.6. The zero-order valence-electron chi connectivity index (χ0n) is 31.0. The first kappa shape index (κ1) is 38.7. The Hall–Kier alpha value is -4.51. The number of aromatic nitrogens is 6. The standard InChI is InChI=1S/C20H26FN3O2Si.C18H22FN3O2Si/c1-5-26-16-6-7-18-17(13-16)20(15-8-9-22-19(21)12-15)23-24(18)14-25-10-11-27(2,3)4;1-25(2,3)9-8-24-12-22-16-5-4-14(23)11-15(16)18(21-22)13-6-7-20-17(19)10-13/h6-9,12-13H,5,10-11,14H2,1-4H3;4-7,10-11,23H,8-9,12H2,1-3H3. The number of hydrogen-bond acceptors (Lipinski definition) is 8. The number of phenols is 1. The van der Waals surface area contributed by atoms with Crippen LogP contribution >= 0.6 is 0 Å². The topological polar surface area (TPSA) is 109 Å². The smallest absolute Gasteiger partial charge is 0.213 e. The Balaban J connectivity index is 0.000000202. The molecule has 2 aromatic carbocycles. The molecule has 0 spiro atoms. The van der Waals surface area contributed by atoms with Crippen molar-refractivity contribution in [3.05, 3.63) is 85.0 Å². The summed E-state index contributed by atoms with van der Waals surface area (Å²) in [6.45, 7) is 18.5. The van der Waals surface area contributed by atoms with Gasteiger partial charge in [0, 0.05) is 75.8 Å². The molecule has 0 fully saturated rings. The Morgan fingerprint density at radius 2 is 1.13 bits per heavy atom. The van der Waals surface area contributed by atoms with Gasteiger partial charge in [-0.1, -0.05) is 39.3 Å². The first-order valence-electron chi connectivity index (χ1n) is 17.4. The fourth-order valence-electron chi connectivity index (χ4n) is 5.36. The minimum atomic E-state index is -1.15. The van der Waals surface area contributed by atoms with Gasteiger partial charge in [0.15, 0.2) is 0 Å². The van der Waals surface area contributed by atoms with Gasteiger partial charge in [0.2, 0.25) is 11.9 Å². The van der Waals surface area contributed by atoms with E-state index in [1.165, 1.54) is 24.5 Å². The molecule has 14 heteroatoms. The molecule has 0 saturated heterocycles. The number of nitrogens with zero attached hydrogens (tertiary/aromatic N) is 6. The van der Waals surface area contributed by atoms with E-state index in [-0.39, 0.29) is 5.75 Å². The summed E-state index contributed by atoms with van der Waals surface area (Å²) in [4.78, 5) is 7.22. The molecule has 4 aromatic heterocycles. The summed E-state index contributed by atoms with van der Waals surface area (Å²) in [5, 5.41) is 20.7. The monoisotopic (exact) mass is 746 g/mol. The van der Waals surface area contributed by atoms with Crippen molar-refractivity contribution in [3.63, 3.8) is 0 Å². The Bertz CT molecular complexity index is 2110. The van der Waals surface area contributed by atoms with Crippen molar-refractivity contribution in [1.29, 1.82) is 0 Å². The third-order valence-electron chi connectivity index (χ3n) is 8.19. The lowest BCUT2D eigenvalue weighted by molar-refractivity contribution is 0.0818. The number of halogens is 2. The minimum absolute atomic E-state index is 0.141. The van der Waals surface area contributed by atoms with Crippen molar-refractivity contribution in [2.24, 2.45) is 0 Å². The van der Waals surface area contributed by atoms with Crippen LogP contribution in [0.25, 0.3) is 44.3 Å². The molecule has 0 bridgehead atoms. The normalized spacial score (nSPS) is 11.9. The lowest BCUT2D eigenvalue weighted by Crippen LogP contribution is -2.22. The van der Waals surface area contributed by atoms with E-state index in [1.807, 2.05) is 29.8 Å². The fraction of sp³-hybridized carbons (Fsp3) is 0.368. The minimum Gasteiger partial charge on any atom is -0.508 e. The molecule has 1 N–H and O–H groups in total. The Kier molecular flexibility index (Phi) is 12.6. The van der Waals surface area contributed by atoms with Gasteiger partial charge in [-0.2, -0.15) is 19.0 Å². The average Bonchev–Trinajstić information content (AvgIpc) is 3.62. The molecule has 0 amide bonds. The predicted molar refractivity (Wildman–Crippen MR) is 207 cm³/mol. The second-order valence-corrected chi connectivity index (χ2v) is 26.2. The molecule has 0 aliphatic rings. The number of ether oxygens (including phenoxy) is 3. The largest absolute Gasteiger partial charge is 0.508 e. The summed E-state index contributed by atoms with van der Waals surface area (Å²) < 4.78 is 48.0. The SMILES string of the molecule is CCOc1ccc2c(c1)c(-c1ccnc(F)c1)nn2COCC[Si](C)(C)C.C[Si](C)(C)CCOCn1nc(-c2ccnc(F)c2)c2cc(O)ccc21. The van der Waals surface area contributed by atoms with E-state index >= 15 is 0 Å². The number of pyridine rings is 2. The maximum absolute atomic E-state index is 13.6. The molecule has 6 rings (SSSR count). The van der Waals surface area contributed by atoms with Crippen LogP contribution in [0.15, 0.2) is 73.1 Å². The van der Waals surface area contributed by atoms with Crippen LogP contribution in [0.4, 0.5) is 8.78 Å². The molecule has 10 nitrogen and oxygen atoms in total. The maximum atomic E-state index is 13.6. The van der Waals surface area contributed by atoms with Gasteiger partial charge in [0.05, 0.1) is 17.6 Å². The molecule has 6 aromatic rings. The number of fused-ring (bicyclic) bond motifs is 2. The van der Waals surface area contributed by atoms with Gasteiger partial charge in [0.25, 0.3) is 0 Å². The predicted octanol–water partition coefficient (Wildman–Crippen LogP) is 9.20. The van der Waals surface area contributed by atoms with Crippen molar-refractivity contribution < 1.29 is 28.1 Å². The molecule has 0 aliphatic carbocycles. The van der Waals surface area contributed by atoms with Crippen LogP contribution < -0.4 is 4.74 Å². The van der Waals surface area contributed by atoms with Crippen LogP contribution in [0.1, 0.15) is 6.92 Å². The van der Waals surface area contributed by atoms with Crippen LogP contribution in [0.3, 0.4) is 0 Å².